The van der Waals surface area contributed by atoms with Crippen molar-refractivity contribution in [3.05, 3.63) is 49.1 Å². The summed E-state index contributed by atoms with van der Waals surface area (Å²) in [6.45, 7) is 1.71. The van der Waals surface area contributed by atoms with Gasteiger partial charge in [-0.3, -0.25) is 14.8 Å². The molecule has 0 unspecified atom stereocenters. The smallest absolute Gasteiger partial charge is 0.269 e. The molecule has 0 aliphatic rings. The van der Waals surface area contributed by atoms with E-state index in [1.165, 1.54) is 41.7 Å². The van der Waals surface area contributed by atoms with Crippen LogP contribution in [0.15, 0.2) is 39.0 Å². The lowest BCUT2D eigenvalue weighted by Crippen LogP contribution is -2.13. The monoisotopic (exact) mass is 376 g/mol. The molecule has 0 bridgehead atoms. The number of halogens is 1. The second-order valence-electron chi connectivity index (χ2n) is 3.88. The first-order valence-corrected chi connectivity index (χ1v) is 8.42. The van der Waals surface area contributed by atoms with Crippen LogP contribution in [0.1, 0.15) is 4.88 Å². The van der Waals surface area contributed by atoms with Gasteiger partial charge in [0.15, 0.2) is 0 Å². The minimum atomic E-state index is -3.70. The number of nitrogens with one attached hydrogen (secondary N) is 1. The van der Waals surface area contributed by atoms with Gasteiger partial charge in [-0.2, -0.15) is 0 Å². The lowest BCUT2D eigenvalue weighted by Gasteiger charge is -2.07. The van der Waals surface area contributed by atoms with Crippen molar-refractivity contribution in [2.75, 3.05) is 4.72 Å². The number of rotatable bonds is 4. The summed E-state index contributed by atoms with van der Waals surface area (Å²) in [5.41, 5.74) is 0.180. The number of thiophene rings is 1. The first kappa shape index (κ1) is 14.9. The maximum atomic E-state index is 12.2. The van der Waals surface area contributed by atoms with Crippen LogP contribution in [0, 0.1) is 17.0 Å². The number of aryl methyl sites for hydroxylation is 1. The molecule has 1 aromatic heterocycles. The van der Waals surface area contributed by atoms with E-state index in [-0.39, 0.29) is 16.3 Å². The molecule has 0 radical (unpaired) electrons. The van der Waals surface area contributed by atoms with Crippen LogP contribution in [0.5, 0.6) is 0 Å². The Morgan fingerprint density at radius 2 is 1.90 bits per heavy atom. The molecule has 2 rings (SSSR count). The Morgan fingerprint density at radius 3 is 2.35 bits per heavy atom. The molecule has 0 saturated heterocycles. The molecule has 1 heterocycles. The van der Waals surface area contributed by atoms with E-state index in [1.54, 1.807) is 6.92 Å². The third-order valence-electron chi connectivity index (χ3n) is 2.46. The van der Waals surface area contributed by atoms with Crippen LogP contribution in [0.4, 0.5) is 11.4 Å². The molecule has 1 aromatic carbocycles. The van der Waals surface area contributed by atoms with Crippen molar-refractivity contribution in [1.82, 2.24) is 0 Å². The summed E-state index contributed by atoms with van der Waals surface area (Å²) < 4.78 is 27.5. The van der Waals surface area contributed by atoms with Crippen LogP contribution in [0.25, 0.3) is 0 Å². The zero-order chi connectivity index (χ0) is 14.9. The Balaban J connectivity index is 2.28. The highest BCUT2D eigenvalue weighted by Gasteiger charge is 2.19. The summed E-state index contributed by atoms with van der Waals surface area (Å²) in [7, 11) is -3.70. The van der Waals surface area contributed by atoms with Crippen molar-refractivity contribution >= 4 is 48.7 Å². The highest BCUT2D eigenvalue weighted by Crippen LogP contribution is 2.30. The van der Waals surface area contributed by atoms with Gasteiger partial charge in [0.05, 0.1) is 8.71 Å². The van der Waals surface area contributed by atoms with E-state index in [1.807, 2.05) is 0 Å². The Bertz CT molecular complexity index is 753. The number of benzene rings is 1. The van der Waals surface area contributed by atoms with E-state index in [9.17, 15) is 18.5 Å². The molecule has 0 atom stereocenters. The molecule has 9 heteroatoms. The Hall–Kier alpha value is -1.45. The molecule has 106 valence electrons. The van der Waals surface area contributed by atoms with Crippen molar-refractivity contribution in [3.8, 4) is 0 Å². The van der Waals surface area contributed by atoms with Gasteiger partial charge < -0.3 is 0 Å². The molecule has 1 N–H and O–H groups in total. The van der Waals surface area contributed by atoms with Gasteiger partial charge in [-0.1, -0.05) is 0 Å². The number of hydrogen-bond donors (Lipinski definition) is 1. The third-order valence-corrected chi connectivity index (χ3v) is 5.65. The molecule has 20 heavy (non-hydrogen) atoms. The standard InChI is InChI=1S/C11H9BrN2O4S2/c1-7-10(6-11(12)19-7)20(17,18)13-8-2-4-9(5-3-8)14(15)16/h2-6,13H,1H3. The molecule has 0 fully saturated rings. The Labute approximate surface area is 127 Å². The summed E-state index contributed by atoms with van der Waals surface area (Å²) in [6.07, 6.45) is 0. The molecule has 0 spiro atoms. The molecular weight excluding hydrogens is 368 g/mol. The molecule has 0 saturated carbocycles. The first-order valence-electron chi connectivity index (χ1n) is 5.33. The number of nitro groups is 1. The van der Waals surface area contributed by atoms with Crippen molar-refractivity contribution in [2.24, 2.45) is 0 Å². The van der Waals surface area contributed by atoms with Crippen LogP contribution in [-0.4, -0.2) is 13.3 Å². The van der Waals surface area contributed by atoms with E-state index >= 15 is 0 Å². The maximum absolute atomic E-state index is 12.2. The summed E-state index contributed by atoms with van der Waals surface area (Å²) >= 11 is 4.56. The van der Waals surface area contributed by atoms with Gasteiger partial charge in [0.25, 0.3) is 15.7 Å². The molecule has 2 aromatic rings. The van der Waals surface area contributed by atoms with E-state index in [0.717, 1.165) is 3.79 Å². The van der Waals surface area contributed by atoms with E-state index in [0.29, 0.717) is 4.88 Å². The molecule has 0 aliphatic carbocycles. The third kappa shape index (κ3) is 3.17. The number of sulfonamides is 1. The second-order valence-corrected chi connectivity index (χ2v) is 8.17. The fourth-order valence-electron chi connectivity index (χ4n) is 1.56. The highest BCUT2D eigenvalue weighted by atomic mass is 79.9. The summed E-state index contributed by atoms with van der Waals surface area (Å²) in [5.74, 6) is 0. The van der Waals surface area contributed by atoms with Gasteiger partial charge in [-0.25, -0.2) is 8.42 Å². The molecule has 0 aliphatic heterocycles. The van der Waals surface area contributed by atoms with Crippen molar-refractivity contribution in [2.45, 2.75) is 11.8 Å². The van der Waals surface area contributed by atoms with E-state index in [4.69, 9.17) is 0 Å². The van der Waals surface area contributed by atoms with Crippen LogP contribution in [-0.2, 0) is 10.0 Å². The SMILES string of the molecule is Cc1sc(Br)cc1S(=O)(=O)Nc1ccc([N+](=O)[O-])cc1. The van der Waals surface area contributed by atoms with Crippen LogP contribution >= 0.6 is 27.3 Å². The summed E-state index contributed by atoms with van der Waals surface area (Å²) in [6, 6.07) is 6.72. The number of non-ortho nitro benzene ring substituents is 1. The zero-order valence-corrected chi connectivity index (χ0v) is 13.4. The van der Waals surface area contributed by atoms with Crippen LogP contribution < -0.4 is 4.72 Å². The Kier molecular flexibility index (Phi) is 4.11. The average Bonchev–Trinajstić information content (AvgIpc) is 2.69. The van der Waals surface area contributed by atoms with Crippen molar-refractivity contribution < 1.29 is 13.3 Å². The number of nitrogens with zero attached hydrogens (tertiary/aromatic N) is 1. The predicted molar refractivity (Wildman–Crippen MR) is 80.7 cm³/mol. The number of hydrogen-bond acceptors (Lipinski definition) is 5. The molecular formula is C11H9BrN2O4S2. The highest BCUT2D eigenvalue weighted by molar-refractivity contribution is 9.11. The number of anilines is 1. The normalized spacial score (nSPS) is 11.3. The average molecular weight is 377 g/mol. The second kappa shape index (κ2) is 5.51. The van der Waals surface area contributed by atoms with Gasteiger partial charge in [0.2, 0.25) is 0 Å². The van der Waals surface area contributed by atoms with Gasteiger partial charge in [0, 0.05) is 22.7 Å². The Morgan fingerprint density at radius 1 is 1.30 bits per heavy atom. The van der Waals surface area contributed by atoms with Crippen molar-refractivity contribution in [3.63, 3.8) is 0 Å². The topological polar surface area (TPSA) is 89.3 Å². The fraction of sp³-hybridized carbons (Fsp3) is 0.0909. The zero-order valence-electron chi connectivity index (χ0n) is 10.2. The van der Waals surface area contributed by atoms with Crippen molar-refractivity contribution in [1.29, 1.82) is 0 Å². The minimum absolute atomic E-state index is 0.0950. The maximum Gasteiger partial charge on any atom is 0.269 e. The molecule has 6 nitrogen and oxygen atoms in total. The first-order chi connectivity index (χ1) is 9.29. The fourth-order valence-corrected chi connectivity index (χ4v) is 5.03. The molecule has 0 amide bonds. The largest absolute Gasteiger partial charge is 0.280 e. The number of nitro benzene ring substituents is 1. The van der Waals surface area contributed by atoms with Gasteiger partial charge >= 0.3 is 0 Å². The van der Waals surface area contributed by atoms with Crippen LogP contribution in [0.3, 0.4) is 0 Å². The van der Waals surface area contributed by atoms with Gasteiger partial charge in [0.1, 0.15) is 4.90 Å². The van der Waals surface area contributed by atoms with Crippen LogP contribution in [0.2, 0.25) is 0 Å². The lowest BCUT2D eigenvalue weighted by molar-refractivity contribution is -0.384. The quantitative estimate of drug-likeness (QED) is 0.652. The van der Waals surface area contributed by atoms with Gasteiger partial charge in [-0.05, 0) is 41.1 Å². The summed E-state index contributed by atoms with van der Waals surface area (Å²) in [5, 5.41) is 10.5. The summed E-state index contributed by atoms with van der Waals surface area (Å²) in [4.78, 5) is 10.8. The van der Waals surface area contributed by atoms with E-state index in [2.05, 4.69) is 20.7 Å². The van der Waals surface area contributed by atoms with Gasteiger partial charge in [-0.15, -0.1) is 11.3 Å². The predicted octanol–water partition coefficient (Wildman–Crippen LogP) is 3.53. The van der Waals surface area contributed by atoms with E-state index < -0.39 is 14.9 Å². The lowest BCUT2D eigenvalue weighted by atomic mass is 10.3. The minimum Gasteiger partial charge on any atom is -0.280 e.